The van der Waals surface area contributed by atoms with Crippen LogP contribution in [0.2, 0.25) is 0 Å². The van der Waals surface area contributed by atoms with Crippen molar-refractivity contribution >= 4 is 29.1 Å². The monoisotopic (exact) mass is 401 g/mol. The summed E-state index contributed by atoms with van der Waals surface area (Å²) in [6.45, 7) is 2.59. The van der Waals surface area contributed by atoms with Gasteiger partial charge in [-0.2, -0.15) is 0 Å². The number of rotatable bonds is 7. The van der Waals surface area contributed by atoms with Gasteiger partial charge in [-0.3, -0.25) is 25.8 Å². The van der Waals surface area contributed by atoms with E-state index in [9.17, 15) is 9.59 Å². The molecular weight excluding hydrogens is 378 g/mol. The third-order valence-electron chi connectivity index (χ3n) is 3.76. The fraction of sp³-hybridized carbons (Fsp3) is 0.250. The van der Waals surface area contributed by atoms with E-state index in [0.717, 1.165) is 12.8 Å². The molecule has 8 heteroatoms. The molecule has 0 radical (unpaired) electrons. The third-order valence-corrected chi connectivity index (χ3v) is 3.96. The molecule has 0 bridgehead atoms. The van der Waals surface area contributed by atoms with E-state index in [2.05, 4.69) is 23.1 Å². The Labute approximate surface area is 169 Å². The maximum atomic E-state index is 12.4. The molecule has 2 aromatic rings. The molecule has 3 N–H and O–H groups in total. The Morgan fingerprint density at radius 1 is 1.00 bits per heavy atom. The SMILES string of the molecule is CCCCOc1ccccc1C(=O)NC(=S)NNC(=O)c1ccc(OC)cc1. The van der Waals surface area contributed by atoms with E-state index in [0.29, 0.717) is 29.2 Å². The van der Waals surface area contributed by atoms with Gasteiger partial charge < -0.3 is 9.47 Å². The second kappa shape index (κ2) is 10.9. The van der Waals surface area contributed by atoms with Crippen LogP contribution >= 0.6 is 12.2 Å². The molecule has 148 valence electrons. The second-order valence-electron chi connectivity index (χ2n) is 5.79. The minimum Gasteiger partial charge on any atom is -0.497 e. The van der Waals surface area contributed by atoms with E-state index in [1.54, 1.807) is 55.6 Å². The molecule has 0 aliphatic carbocycles. The smallest absolute Gasteiger partial charge is 0.269 e. The fourth-order valence-corrected chi connectivity index (χ4v) is 2.38. The molecule has 0 atom stereocenters. The summed E-state index contributed by atoms with van der Waals surface area (Å²) >= 11 is 5.07. The van der Waals surface area contributed by atoms with Crippen LogP contribution in [-0.2, 0) is 0 Å². The van der Waals surface area contributed by atoms with Gasteiger partial charge in [-0.25, -0.2) is 0 Å². The largest absolute Gasteiger partial charge is 0.497 e. The number of hydrazine groups is 1. The lowest BCUT2D eigenvalue weighted by Gasteiger charge is -2.13. The maximum Gasteiger partial charge on any atom is 0.269 e. The van der Waals surface area contributed by atoms with Crippen LogP contribution in [0.15, 0.2) is 48.5 Å². The van der Waals surface area contributed by atoms with Crippen molar-refractivity contribution < 1.29 is 19.1 Å². The number of benzene rings is 2. The number of amides is 2. The van der Waals surface area contributed by atoms with Crippen LogP contribution in [0.5, 0.6) is 11.5 Å². The van der Waals surface area contributed by atoms with E-state index < -0.39 is 11.8 Å². The highest BCUT2D eigenvalue weighted by Crippen LogP contribution is 2.18. The van der Waals surface area contributed by atoms with Crippen molar-refractivity contribution in [1.82, 2.24) is 16.2 Å². The Balaban J connectivity index is 1.88. The van der Waals surface area contributed by atoms with Gasteiger partial charge in [0.2, 0.25) is 0 Å². The molecular formula is C20H23N3O4S. The number of ether oxygens (including phenoxy) is 2. The van der Waals surface area contributed by atoms with Crippen LogP contribution in [0.25, 0.3) is 0 Å². The molecule has 28 heavy (non-hydrogen) atoms. The Morgan fingerprint density at radius 3 is 2.39 bits per heavy atom. The zero-order chi connectivity index (χ0) is 20.4. The summed E-state index contributed by atoms with van der Waals surface area (Å²) in [7, 11) is 1.55. The van der Waals surface area contributed by atoms with E-state index >= 15 is 0 Å². The minimum atomic E-state index is -0.428. The van der Waals surface area contributed by atoms with Gasteiger partial charge in [0.05, 0.1) is 19.3 Å². The fourth-order valence-electron chi connectivity index (χ4n) is 2.24. The van der Waals surface area contributed by atoms with Gasteiger partial charge in [0, 0.05) is 5.56 Å². The molecule has 7 nitrogen and oxygen atoms in total. The van der Waals surface area contributed by atoms with Crippen molar-refractivity contribution in [3.8, 4) is 11.5 Å². The first-order valence-corrected chi connectivity index (χ1v) is 9.23. The molecule has 0 saturated heterocycles. The molecule has 2 amide bonds. The lowest BCUT2D eigenvalue weighted by atomic mass is 10.2. The first-order chi connectivity index (χ1) is 13.5. The summed E-state index contributed by atoms with van der Waals surface area (Å²) in [5, 5.41) is 2.49. The Morgan fingerprint density at radius 2 is 1.71 bits per heavy atom. The van der Waals surface area contributed by atoms with Gasteiger partial charge in [0.1, 0.15) is 11.5 Å². The van der Waals surface area contributed by atoms with Gasteiger partial charge in [-0.1, -0.05) is 25.5 Å². The van der Waals surface area contributed by atoms with E-state index in [1.807, 2.05) is 0 Å². The normalized spacial score (nSPS) is 9.93. The summed E-state index contributed by atoms with van der Waals surface area (Å²) in [4.78, 5) is 24.5. The van der Waals surface area contributed by atoms with Crippen LogP contribution < -0.4 is 25.6 Å². The van der Waals surface area contributed by atoms with E-state index in [-0.39, 0.29) is 5.11 Å². The van der Waals surface area contributed by atoms with Crippen molar-refractivity contribution in [2.45, 2.75) is 19.8 Å². The van der Waals surface area contributed by atoms with Crippen LogP contribution in [0.4, 0.5) is 0 Å². The van der Waals surface area contributed by atoms with Gasteiger partial charge in [-0.15, -0.1) is 0 Å². The molecule has 0 heterocycles. The van der Waals surface area contributed by atoms with Crippen LogP contribution in [0, 0.1) is 0 Å². The third kappa shape index (κ3) is 6.24. The first kappa shape index (κ1) is 21.2. The number of thiocarbonyl (C=S) groups is 1. The zero-order valence-corrected chi connectivity index (χ0v) is 16.6. The number of hydrogen-bond acceptors (Lipinski definition) is 5. The van der Waals surface area contributed by atoms with Crippen LogP contribution in [0.3, 0.4) is 0 Å². The molecule has 0 saturated carbocycles. The highest BCUT2D eigenvalue weighted by atomic mass is 32.1. The van der Waals surface area contributed by atoms with Crippen molar-refractivity contribution in [1.29, 1.82) is 0 Å². The topological polar surface area (TPSA) is 88.7 Å². The number of methoxy groups -OCH3 is 1. The summed E-state index contributed by atoms with van der Waals surface area (Å²) in [5.74, 6) is 0.302. The van der Waals surface area contributed by atoms with Crippen molar-refractivity contribution in [2.24, 2.45) is 0 Å². The van der Waals surface area contributed by atoms with E-state index in [1.165, 1.54) is 0 Å². The Hall–Kier alpha value is -3.13. The highest BCUT2D eigenvalue weighted by molar-refractivity contribution is 7.80. The highest BCUT2D eigenvalue weighted by Gasteiger charge is 2.14. The van der Waals surface area contributed by atoms with E-state index in [4.69, 9.17) is 21.7 Å². The lowest BCUT2D eigenvalue weighted by Crippen LogP contribution is -2.48. The average molecular weight is 401 g/mol. The van der Waals surface area contributed by atoms with Gasteiger partial charge in [0.25, 0.3) is 11.8 Å². The maximum absolute atomic E-state index is 12.4. The van der Waals surface area contributed by atoms with Crippen molar-refractivity contribution in [3.63, 3.8) is 0 Å². The number of carbonyl (C=O) groups is 2. The predicted octanol–water partition coefficient (Wildman–Crippen LogP) is 2.82. The molecule has 0 spiro atoms. The number of para-hydroxylation sites is 1. The second-order valence-corrected chi connectivity index (χ2v) is 6.20. The summed E-state index contributed by atoms with van der Waals surface area (Å²) in [5.41, 5.74) is 5.72. The van der Waals surface area contributed by atoms with Gasteiger partial charge in [-0.05, 0) is 55.0 Å². The summed E-state index contributed by atoms with van der Waals surface area (Å²) in [6, 6.07) is 13.5. The van der Waals surface area contributed by atoms with Crippen molar-refractivity contribution in [2.75, 3.05) is 13.7 Å². The van der Waals surface area contributed by atoms with Crippen LogP contribution in [-0.4, -0.2) is 30.6 Å². The first-order valence-electron chi connectivity index (χ1n) is 8.82. The van der Waals surface area contributed by atoms with Crippen molar-refractivity contribution in [3.05, 3.63) is 59.7 Å². The quantitative estimate of drug-likeness (QED) is 0.376. The molecule has 0 aliphatic rings. The van der Waals surface area contributed by atoms with Crippen LogP contribution in [0.1, 0.15) is 40.5 Å². The van der Waals surface area contributed by atoms with Gasteiger partial charge >= 0.3 is 0 Å². The Kier molecular flexibility index (Phi) is 8.23. The number of nitrogens with one attached hydrogen (secondary N) is 3. The number of carbonyl (C=O) groups excluding carboxylic acids is 2. The number of unbranched alkanes of at least 4 members (excludes halogenated alkanes) is 1. The minimum absolute atomic E-state index is 0.0322. The predicted molar refractivity (Wildman–Crippen MR) is 111 cm³/mol. The molecule has 0 aromatic heterocycles. The number of hydrogen-bond donors (Lipinski definition) is 3. The summed E-state index contributed by atoms with van der Waals surface area (Å²) < 4.78 is 10.7. The Bertz CT molecular complexity index is 824. The summed E-state index contributed by atoms with van der Waals surface area (Å²) in [6.07, 6.45) is 1.89. The zero-order valence-electron chi connectivity index (χ0n) is 15.8. The molecule has 0 unspecified atom stereocenters. The standard InChI is InChI=1S/C20H23N3O4S/c1-3-4-13-27-17-8-6-5-7-16(17)19(25)21-20(28)23-22-18(24)14-9-11-15(26-2)12-10-14/h5-12H,3-4,13H2,1-2H3,(H,22,24)(H2,21,23,25,28). The molecule has 2 aromatic carbocycles. The molecule has 0 aliphatic heterocycles. The average Bonchev–Trinajstić information content (AvgIpc) is 2.72. The lowest BCUT2D eigenvalue weighted by molar-refractivity contribution is 0.0933. The van der Waals surface area contributed by atoms with Gasteiger partial charge in [0.15, 0.2) is 5.11 Å². The molecule has 0 fully saturated rings. The molecule has 2 rings (SSSR count).